The van der Waals surface area contributed by atoms with Crippen LogP contribution in [-0.4, -0.2) is 45.4 Å². The predicted octanol–water partition coefficient (Wildman–Crippen LogP) is 2.59. The molecular weight excluding hydrogens is 326 g/mol. The number of nitrogens with zero attached hydrogens (tertiary/aromatic N) is 4. The minimum absolute atomic E-state index is 0.145. The third-order valence-corrected chi connectivity index (χ3v) is 4.77. The smallest absolute Gasteiger partial charge is 0.404 e. The Morgan fingerprint density at radius 3 is 2.83 bits per heavy atom. The molecule has 0 radical (unpaired) electrons. The Morgan fingerprint density at radius 1 is 1.33 bits per heavy atom. The molecular formula is C16H25N5O2S. The zero-order valence-corrected chi connectivity index (χ0v) is 15.1. The van der Waals surface area contributed by atoms with E-state index in [1.54, 1.807) is 10.9 Å². The molecule has 0 saturated heterocycles. The Bertz CT molecular complexity index is 636. The van der Waals surface area contributed by atoms with Gasteiger partial charge in [0.05, 0.1) is 11.1 Å². The summed E-state index contributed by atoms with van der Waals surface area (Å²) in [6.07, 6.45) is 8.15. The minimum atomic E-state index is -0.781. The van der Waals surface area contributed by atoms with Crippen molar-refractivity contribution >= 4 is 17.4 Å². The molecule has 0 saturated carbocycles. The van der Waals surface area contributed by atoms with Crippen molar-refractivity contribution in [3.05, 3.63) is 29.0 Å². The molecule has 2 N–H and O–H groups in total. The van der Waals surface area contributed by atoms with E-state index in [-0.39, 0.29) is 6.61 Å². The minimum Gasteiger partial charge on any atom is -0.444 e. The number of carbonyl (C=O) groups excluding carboxylic acids is 1. The van der Waals surface area contributed by atoms with Crippen LogP contribution in [0.1, 0.15) is 37.1 Å². The van der Waals surface area contributed by atoms with Crippen molar-refractivity contribution in [2.75, 3.05) is 19.6 Å². The molecule has 0 fully saturated rings. The Morgan fingerprint density at radius 2 is 2.12 bits per heavy atom. The zero-order valence-electron chi connectivity index (χ0n) is 14.3. The van der Waals surface area contributed by atoms with Gasteiger partial charge >= 0.3 is 6.09 Å². The highest BCUT2D eigenvalue weighted by molar-refractivity contribution is 7.14. The van der Waals surface area contributed by atoms with Gasteiger partial charge in [-0.1, -0.05) is 25.2 Å². The molecule has 2 aromatic heterocycles. The molecule has 2 rings (SSSR count). The number of aryl methyl sites for hydroxylation is 1. The van der Waals surface area contributed by atoms with E-state index in [0.29, 0.717) is 0 Å². The Balaban J connectivity index is 1.81. The number of hydrogen-bond donors (Lipinski definition) is 1. The van der Waals surface area contributed by atoms with Crippen LogP contribution in [-0.2, 0) is 17.8 Å². The summed E-state index contributed by atoms with van der Waals surface area (Å²) in [5.41, 5.74) is 6.17. The summed E-state index contributed by atoms with van der Waals surface area (Å²) in [6, 6.07) is 0. The molecule has 2 heterocycles. The van der Waals surface area contributed by atoms with E-state index in [1.807, 2.05) is 12.4 Å². The lowest BCUT2D eigenvalue weighted by Gasteiger charge is -2.17. The average molecular weight is 351 g/mol. The Labute approximate surface area is 146 Å². The van der Waals surface area contributed by atoms with Crippen molar-refractivity contribution in [3.8, 4) is 5.13 Å². The number of hydrogen-bond acceptors (Lipinski definition) is 6. The summed E-state index contributed by atoms with van der Waals surface area (Å²) in [6.45, 7) is 7.92. The second-order valence-electron chi connectivity index (χ2n) is 5.49. The monoisotopic (exact) mass is 351 g/mol. The molecule has 24 heavy (non-hydrogen) atoms. The fourth-order valence-corrected chi connectivity index (χ4v) is 3.17. The maximum atomic E-state index is 10.6. The normalized spacial score (nSPS) is 11.1. The van der Waals surface area contributed by atoms with Crippen molar-refractivity contribution in [1.82, 2.24) is 19.7 Å². The van der Waals surface area contributed by atoms with Gasteiger partial charge in [0.25, 0.3) is 0 Å². The molecule has 7 nitrogen and oxygen atoms in total. The molecule has 0 atom stereocenters. The van der Waals surface area contributed by atoms with Gasteiger partial charge in [0, 0.05) is 12.4 Å². The third-order valence-electron chi connectivity index (χ3n) is 3.81. The van der Waals surface area contributed by atoms with Gasteiger partial charge in [-0.3, -0.25) is 0 Å². The summed E-state index contributed by atoms with van der Waals surface area (Å²) in [5.74, 6) is 0. The van der Waals surface area contributed by atoms with Crippen LogP contribution in [0.25, 0.3) is 5.13 Å². The fourth-order valence-electron chi connectivity index (χ4n) is 2.41. The maximum Gasteiger partial charge on any atom is 0.404 e. The molecule has 0 aliphatic carbocycles. The van der Waals surface area contributed by atoms with E-state index in [4.69, 9.17) is 10.5 Å². The summed E-state index contributed by atoms with van der Waals surface area (Å²) < 4.78 is 6.52. The van der Waals surface area contributed by atoms with Crippen LogP contribution in [0.4, 0.5) is 4.79 Å². The van der Waals surface area contributed by atoms with E-state index in [0.717, 1.165) is 42.5 Å². The van der Waals surface area contributed by atoms with Crippen LogP contribution in [0.15, 0.2) is 18.6 Å². The van der Waals surface area contributed by atoms with E-state index in [9.17, 15) is 4.79 Å². The summed E-state index contributed by atoms with van der Waals surface area (Å²) in [5, 5.41) is 5.12. The number of primary amides is 1. The standard InChI is InChI=1S/C16H25N5O2S/c1-3-20(4-2)8-6-5-7-13-9-19-21(11-13)16-18-10-14(24-16)12-23-15(17)22/h9-11H,3-8,12H2,1-2H3,(H2,17,22). The molecule has 0 aromatic carbocycles. The first kappa shape index (κ1) is 18.4. The number of ether oxygens (including phenoxy) is 1. The van der Waals surface area contributed by atoms with Crippen LogP contribution in [0.3, 0.4) is 0 Å². The fraction of sp³-hybridized carbons (Fsp3) is 0.562. The van der Waals surface area contributed by atoms with Gasteiger partial charge in [-0.15, -0.1) is 0 Å². The SMILES string of the molecule is CCN(CC)CCCCc1cnn(-c2ncc(COC(N)=O)s2)c1. The molecule has 0 spiro atoms. The highest BCUT2D eigenvalue weighted by Gasteiger charge is 2.08. The van der Waals surface area contributed by atoms with Crippen molar-refractivity contribution in [2.24, 2.45) is 5.73 Å². The number of aromatic nitrogens is 3. The highest BCUT2D eigenvalue weighted by atomic mass is 32.1. The second kappa shape index (κ2) is 9.39. The summed E-state index contributed by atoms with van der Waals surface area (Å²) >= 11 is 1.43. The number of nitrogens with two attached hydrogens (primary N) is 1. The van der Waals surface area contributed by atoms with Crippen LogP contribution in [0.2, 0.25) is 0 Å². The van der Waals surface area contributed by atoms with Gasteiger partial charge in [-0.05, 0) is 44.5 Å². The molecule has 1 amide bonds. The largest absolute Gasteiger partial charge is 0.444 e. The van der Waals surface area contributed by atoms with Crippen LogP contribution >= 0.6 is 11.3 Å². The van der Waals surface area contributed by atoms with Crippen molar-refractivity contribution < 1.29 is 9.53 Å². The van der Waals surface area contributed by atoms with E-state index >= 15 is 0 Å². The van der Waals surface area contributed by atoms with Gasteiger partial charge in [0.2, 0.25) is 5.13 Å². The number of thiazole rings is 1. The molecule has 0 aliphatic heterocycles. The maximum absolute atomic E-state index is 10.6. The van der Waals surface area contributed by atoms with Crippen molar-refractivity contribution in [2.45, 2.75) is 39.7 Å². The van der Waals surface area contributed by atoms with Gasteiger partial charge in [-0.2, -0.15) is 5.10 Å². The molecule has 0 aliphatic rings. The first-order valence-corrected chi connectivity index (χ1v) is 9.07. The second-order valence-corrected chi connectivity index (χ2v) is 6.59. The Kier molecular flexibility index (Phi) is 7.20. The first-order valence-electron chi connectivity index (χ1n) is 8.25. The highest BCUT2D eigenvalue weighted by Crippen LogP contribution is 2.18. The average Bonchev–Trinajstić information content (AvgIpc) is 3.22. The third kappa shape index (κ3) is 5.61. The number of carbonyl (C=O) groups is 1. The summed E-state index contributed by atoms with van der Waals surface area (Å²) in [4.78, 5) is 18.2. The molecule has 132 valence electrons. The molecule has 8 heteroatoms. The molecule has 2 aromatic rings. The number of amides is 1. The van der Waals surface area contributed by atoms with Gasteiger partial charge in [0.15, 0.2) is 0 Å². The van der Waals surface area contributed by atoms with E-state index < -0.39 is 6.09 Å². The van der Waals surface area contributed by atoms with Crippen LogP contribution in [0.5, 0.6) is 0 Å². The van der Waals surface area contributed by atoms with Crippen molar-refractivity contribution in [3.63, 3.8) is 0 Å². The zero-order chi connectivity index (χ0) is 17.4. The van der Waals surface area contributed by atoms with Gasteiger partial charge < -0.3 is 15.4 Å². The number of rotatable bonds is 10. The van der Waals surface area contributed by atoms with Crippen LogP contribution in [0, 0.1) is 0 Å². The lowest BCUT2D eigenvalue weighted by atomic mass is 10.1. The van der Waals surface area contributed by atoms with Crippen molar-refractivity contribution in [1.29, 1.82) is 0 Å². The predicted molar refractivity (Wildman–Crippen MR) is 94.3 cm³/mol. The van der Waals surface area contributed by atoms with Gasteiger partial charge in [0.1, 0.15) is 6.61 Å². The summed E-state index contributed by atoms with van der Waals surface area (Å²) in [7, 11) is 0. The Hall–Kier alpha value is -1.93. The quantitative estimate of drug-likeness (QED) is 0.665. The first-order chi connectivity index (χ1) is 11.6. The number of unbranched alkanes of at least 4 members (excludes halogenated alkanes) is 1. The van der Waals surface area contributed by atoms with E-state index in [1.165, 1.54) is 23.3 Å². The van der Waals surface area contributed by atoms with Gasteiger partial charge in [-0.25, -0.2) is 14.5 Å². The lowest BCUT2D eigenvalue weighted by Crippen LogP contribution is -2.23. The van der Waals surface area contributed by atoms with Crippen LogP contribution < -0.4 is 5.73 Å². The lowest BCUT2D eigenvalue weighted by molar-refractivity contribution is 0.151. The topological polar surface area (TPSA) is 86.3 Å². The van der Waals surface area contributed by atoms with E-state index in [2.05, 4.69) is 28.8 Å². The molecule has 0 unspecified atom stereocenters. The molecule has 0 bridgehead atoms.